The molecule has 112 valence electrons. The molecule has 3 heteroatoms. The molecule has 0 amide bonds. The molecule has 0 aromatic heterocycles. The number of likely N-dealkylation sites (tertiary alicyclic amines) is 1. The molecule has 20 heavy (non-hydrogen) atoms. The van der Waals surface area contributed by atoms with Crippen molar-refractivity contribution in [1.82, 2.24) is 4.90 Å². The van der Waals surface area contributed by atoms with Gasteiger partial charge in [0.2, 0.25) is 0 Å². The van der Waals surface area contributed by atoms with Gasteiger partial charge < -0.3 is 10.5 Å². The molecule has 3 nitrogen and oxygen atoms in total. The Balaban J connectivity index is 2.20. The lowest BCUT2D eigenvalue weighted by atomic mass is 9.87. The van der Waals surface area contributed by atoms with Crippen LogP contribution >= 0.6 is 0 Å². The van der Waals surface area contributed by atoms with Crippen molar-refractivity contribution in [2.24, 2.45) is 11.7 Å². The number of rotatable bonds is 5. The van der Waals surface area contributed by atoms with Crippen molar-refractivity contribution >= 4 is 0 Å². The Hall–Kier alpha value is -1.06. The molecule has 2 N–H and O–H groups in total. The van der Waals surface area contributed by atoms with Gasteiger partial charge in [0.25, 0.3) is 0 Å². The van der Waals surface area contributed by atoms with E-state index in [9.17, 15) is 0 Å². The van der Waals surface area contributed by atoms with E-state index in [0.29, 0.717) is 18.0 Å². The first-order chi connectivity index (χ1) is 9.71. The number of hydrogen-bond acceptors (Lipinski definition) is 3. The van der Waals surface area contributed by atoms with E-state index < -0.39 is 0 Å². The Kier molecular flexibility index (Phi) is 5.44. The number of nitrogens with two attached hydrogens (primary N) is 1. The van der Waals surface area contributed by atoms with Crippen LogP contribution in [0.15, 0.2) is 24.3 Å². The second-order valence-electron chi connectivity index (χ2n) is 5.86. The summed E-state index contributed by atoms with van der Waals surface area (Å²) in [5.41, 5.74) is 7.41. The Bertz CT molecular complexity index is 404. The summed E-state index contributed by atoms with van der Waals surface area (Å²) in [7, 11) is 1.71. The summed E-state index contributed by atoms with van der Waals surface area (Å²) in [6.45, 7) is 6.52. The van der Waals surface area contributed by atoms with Crippen molar-refractivity contribution in [3.63, 3.8) is 0 Å². The highest BCUT2D eigenvalue weighted by molar-refractivity contribution is 5.29. The molecule has 1 aromatic carbocycles. The van der Waals surface area contributed by atoms with E-state index in [0.717, 1.165) is 25.3 Å². The van der Waals surface area contributed by atoms with Gasteiger partial charge in [0.1, 0.15) is 5.75 Å². The third kappa shape index (κ3) is 3.15. The predicted molar refractivity (Wildman–Crippen MR) is 84.0 cm³/mol. The number of hydrogen-bond donors (Lipinski definition) is 1. The highest BCUT2D eigenvalue weighted by atomic mass is 16.5. The molecule has 0 aliphatic carbocycles. The van der Waals surface area contributed by atoms with Gasteiger partial charge in [-0.3, -0.25) is 4.90 Å². The van der Waals surface area contributed by atoms with Gasteiger partial charge in [-0.25, -0.2) is 0 Å². The third-order valence-corrected chi connectivity index (χ3v) is 4.69. The van der Waals surface area contributed by atoms with Crippen LogP contribution in [0.5, 0.6) is 5.75 Å². The summed E-state index contributed by atoms with van der Waals surface area (Å²) in [4.78, 5) is 2.62. The SMILES string of the molecule is CCC(c1ccc(OC)cc1)N1CCCC(C)C1CN. The minimum absolute atomic E-state index is 0.470. The first-order valence-corrected chi connectivity index (χ1v) is 7.81. The van der Waals surface area contributed by atoms with E-state index in [2.05, 4.69) is 43.0 Å². The molecule has 0 bridgehead atoms. The predicted octanol–water partition coefficient (Wildman–Crippen LogP) is 3.21. The maximum atomic E-state index is 6.04. The van der Waals surface area contributed by atoms with Crippen molar-refractivity contribution in [2.45, 2.75) is 45.2 Å². The minimum Gasteiger partial charge on any atom is -0.497 e. The van der Waals surface area contributed by atoms with Crippen LogP contribution < -0.4 is 10.5 Å². The Morgan fingerprint density at radius 3 is 2.60 bits per heavy atom. The third-order valence-electron chi connectivity index (χ3n) is 4.69. The van der Waals surface area contributed by atoms with Crippen molar-refractivity contribution < 1.29 is 4.74 Å². The molecule has 0 radical (unpaired) electrons. The zero-order valence-corrected chi connectivity index (χ0v) is 13.0. The van der Waals surface area contributed by atoms with Crippen LogP contribution in [0.3, 0.4) is 0 Å². The van der Waals surface area contributed by atoms with Gasteiger partial charge in [-0.2, -0.15) is 0 Å². The van der Waals surface area contributed by atoms with Crippen LogP contribution in [0.1, 0.15) is 44.7 Å². The van der Waals surface area contributed by atoms with E-state index in [1.807, 2.05) is 0 Å². The first kappa shape index (κ1) is 15.3. The van der Waals surface area contributed by atoms with Gasteiger partial charge in [-0.1, -0.05) is 26.0 Å². The highest BCUT2D eigenvalue weighted by Gasteiger charge is 2.32. The zero-order chi connectivity index (χ0) is 14.5. The largest absolute Gasteiger partial charge is 0.497 e. The van der Waals surface area contributed by atoms with Crippen molar-refractivity contribution in [3.8, 4) is 5.75 Å². The second kappa shape index (κ2) is 7.09. The number of nitrogens with zero attached hydrogens (tertiary/aromatic N) is 1. The topological polar surface area (TPSA) is 38.5 Å². The fourth-order valence-corrected chi connectivity index (χ4v) is 3.52. The van der Waals surface area contributed by atoms with Crippen LogP contribution in [0.4, 0.5) is 0 Å². The summed E-state index contributed by atoms with van der Waals surface area (Å²) in [5.74, 6) is 1.62. The van der Waals surface area contributed by atoms with Crippen LogP contribution in [-0.4, -0.2) is 31.1 Å². The van der Waals surface area contributed by atoms with E-state index >= 15 is 0 Å². The lowest BCUT2D eigenvalue weighted by Crippen LogP contribution is -2.49. The second-order valence-corrected chi connectivity index (χ2v) is 5.86. The number of methoxy groups -OCH3 is 1. The van der Waals surface area contributed by atoms with E-state index in [-0.39, 0.29) is 0 Å². The standard InChI is InChI=1S/C17H28N2O/c1-4-16(14-7-9-15(20-3)10-8-14)19-11-5-6-13(2)17(19)12-18/h7-10,13,16-17H,4-6,11-12,18H2,1-3H3. The molecule has 1 saturated heterocycles. The van der Waals surface area contributed by atoms with Gasteiger partial charge in [-0.15, -0.1) is 0 Å². The molecule has 1 aliphatic heterocycles. The zero-order valence-electron chi connectivity index (χ0n) is 13.0. The van der Waals surface area contributed by atoms with Gasteiger partial charge >= 0.3 is 0 Å². The van der Waals surface area contributed by atoms with E-state index in [4.69, 9.17) is 10.5 Å². The van der Waals surface area contributed by atoms with Crippen molar-refractivity contribution in [3.05, 3.63) is 29.8 Å². The monoisotopic (exact) mass is 276 g/mol. The maximum absolute atomic E-state index is 6.04. The summed E-state index contributed by atoms with van der Waals surface area (Å²) < 4.78 is 5.25. The molecule has 1 fully saturated rings. The minimum atomic E-state index is 0.470. The molecule has 0 spiro atoms. The average Bonchev–Trinajstić information content (AvgIpc) is 2.49. The maximum Gasteiger partial charge on any atom is 0.118 e. The molecule has 2 rings (SSSR count). The summed E-state index contributed by atoms with van der Waals surface area (Å²) in [6, 6.07) is 9.48. The van der Waals surface area contributed by atoms with Gasteiger partial charge in [0.15, 0.2) is 0 Å². The van der Waals surface area contributed by atoms with Crippen molar-refractivity contribution in [2.75, 3.05) is 20.2 Å². The highest BCUT2D eigenvalue weighted by Crippen LogP contribution is 2.33. The molecule has 1 heterocycles. The fraction of sp³-hybridized carbons (Fsp3) is 0.647. The number of piperidine rings is 1. The smallest absolute Gasteiger partial charge is 0.118 e. The van der Waals surface area contributed by atoms with E-state index in [1.165, 1.54) is 18.4 Å². The molecular weight excluding hydrogens is 248 g/mol. The molecule has 0 saturated carbocycles. The fourth-order valence-electron chi connectivity index (χ4n) is 3.52. The lowest BCUT2D eigenvalue weighted by Gasteiger charge is -2.44. The van der Waals surface area contributed by atoms with Gasteiger partial charge in [-0.05, 0) is 49.4 Å². The van der Waals surface area contributed by atoms with Crippen LogP contribution in [0.25, 0.3) is 0 Å². The van der Waals surface area contributed by atoms with Crippen LogP contribution in [0.2, 0.25) is 0 Å². The van der Waals surface area contributed by atoms with Crippen LogP contribution in [-0.2, 0) is 0 Å². The Morgan fingerprint density at radius 1 is 1.35 bits per heavy atom. The molecule has 3 atom stereocenters. The molecule has 1 aliphatic rings. The Labute approximate surface area is 123 Å². The van der Waals surface area contributed by atoms with Gasteiger partial charge in [0.05, 0.1) is 7.11 Å². The summed E-state index contributed by atoms with van der Waals surface area (Å²) in [6.07, 6.45) is 3.71. The Morgan fingerprint density at radius 2 is 2.05 bits per heavy atom. The number of benzene rings is 1. The summed E-state index contributed by atoms with van der Waals surface area (Å²) in [5, 5.41) is 0. The van der Waals surface area contributed by atoms with E-state index in [1.54, 1.807) is 7.11 Å². The lowest BCUT2D eigenvalue weighted by molar-refractivity contribution is 0.0595. The van der Waals surface area contributed by atoms with Crippen LogP contribution in [0, 0.1) is 5.92 Å². The number of ether oxygens (including phenoxy) is 1. The normalized spacial score (nSPS) is 25.4. The average molecular weight is 276 g/mol. The summed E-state index contributed by atoms with van der Waals surface area (Å²) >= 11 is 0. The molecule has 3 unspecified atom stereocenters. The first-order valence-electron chi connectivity index (χ1n) is 7.81. The molecular formula is C17H28N2O. The van der Waals surface area contributed by atoms with Crippen molar-refractivity contribution in [1.29, 1.82) is 0 Å². The quantitative estimate of drug-likeness (QED) is 0.897. The van der Waals surface area contributed by atoms with Gasteiger partial charge in [0, 0.05) is 18.6 Å². The molecule has 1 aromatic rings.